The van der Waals surface area contributed by atoms with Crippen molar-refractivity contribution in [2.75, 3.05) is 20.2 Å². The van der Waals surface area contributed by atoms with Gasteiger partial charge in [0, 0.05) is 34.7 Å². The Labute approximate surface area is 207 Å². The topological polar surface area (TPSA) is 66.9 Å². The van der Waals surface area contributed by atoms with Gasteiger partial charge in [0.2, 0.25) is 0 Å². The Bertz CT molecular complexity index is 1050. The zero-order valence-corrected chi connectivity index (χ0v) is 20.7. The molecule has 3 aliphatic rings. The van der Waals surface area contributed by atoms with E-state index in [0.29, 0.717) is 30.1 Å². The number of benzene rings is 2. The van der Waals surface area contributed by atoms with Crippen LogP contribution in [0, 0.1) is 9.49 Å². The summed E-state index contributed by atoms with van der Waals surface area (Å²) in [6, 6.07) is 16.0. The van der Waals surface area contributed by atoms with Gasteiger partial charge in [0.1, 0.15) is 0 Å². The van der Waals surface area contributed by atoms with Crippen molar-refractivity contribution in [3.63, 3.8) is 0 Å². The number of amides is 2. The van der Waals surface area contributed by atoms with Crippen LogP contribution in [-0.2, 0) is 9.53 Å². The van der Waals surface area contributed by atoms with Crippen LogP contribution >= 0.6 is 22.6 Å². The molecule has 0 aromatic heterocycles. The normalized spacial score (nSPS) is 26.5. The van der Waals surface area contributed by atoms with Crippen LogP contribution in [-0.4, -0.2) is 59.9 Å². The summed E-state index contributed by atoms with van der Waals surface area (Å²) in [4.78, 5) is 42.0. The van der Waals surface area contributed by atoms with Crippen molar-refractivity contribution in [1.82, 2.24) is 9.80 Å². The Morgan fingerprint density at radius 3 is 2.30 bits per heavy atom. The fraction of sp³-hybridized carbons (Fsp3) is 0.423. The minimum atomic E-state index is -0.205. The number of carbonyl (C=O) groups is 3. The molecule has 0 radical (unpaired) electrons. The van der Waals surface area contributed by atoms with Crippen LogP contribution in [0.1, 0.15) is 57.9 Å². The third kappa shape index (κ3) is 3.99. The molecular formula is C26H27IN2O4. The summed E-state index contributed by atoms with van der Waals surface area (Å²) in [7, 11) is 1.47. The Hall–Kier alpha value is -2.26. The van der Waals surface area contributed by atoms with Gasteiger partial charge in [-0.25, -0.2) is 0 Å². The predicted octanol–water partition coefficient (Wildman–Crippen LogP) is 4.09. The van der Waals surface area contributed by atoms with E-state index in [1.807, 2.05) is 0 Å². The molecule has 172 valence electrons. The highest BCUT2D eigenvalue weighted by Gasteiger charge is 2.50. The van der Waals surface area contributed by atoms with E-state index in [0.717, 1.165) is 25.8 Å². The van der Waals surface area contributed by atoms with E-state index in [2.05, 4.69) is 51.8 Å². The molecule has 0 spiro atoms. The summed E-state index contributed by atoms with van der Waals surface area (Å²) in [6.45, 7) is 1.15. The number of imide groups is 1. The molecule has 7 heteroatoms. The highest BCUT2D eigenvalue weighted by atomic mass is 127. The van der Waals surface area contributed by atoms with E-state index in [-0.39, 0.29) is 35.7 Å². The van der Waals surface area contributed by atoms with Crippen molar-refractivity contribution >= 4 is 40.4 Å². The highest BCUT2D eigenvalue weighted by molar-refractivity contribution is 14.1. The molecule has 3 heterocycles. The van der Waals surface area contributed by atoms with Gasteiger partial charge in [-0.2, -0.15) is 0 Å². The molecule has 2 saturated heterocycles. The van der Waals surface area contributed by atoms with Crippen LogP contribution in [0.4, 0.5) is 0 Å². The number of esters is 1. The molecule has 2 amide bonds. The molecule has 3 aliphatic heterocycles. The molecule has 5 rings (SSSR count). The molecule has 4 atom stereocenters. The first kappa shape index (κ1) is 22.5. The van der Waals surface area contributed by atoms with Crippen molar-refractivity contribution < 1.29 is 19.1 Å². The minimum Gasteiger partial charge on any atom is -0.469 e. The van der Waals surface area contributed by atoms with Gasteiger partial charge in [-0.15, -0.1) is 0 Å². The predicted molar refractivity (Wildman–Crippen MR) is 132 cm³/mol. The largest absolute Gasteiger partial charge is 0.469 e. The first-order valence-electron chi connectivity index (χ1n) is 11.5. The van der Waals surface area contributed by atoms with E-state index in [1.165, 1.54) is 21.1 Å². The van der Waals surface area contributed by atoms with E-state index in [4.69, 9.17) is 4.74 Å². The van der Waals surface area contributed by atoms with Crippen LogP contribution < -0.4 is 0 Å². The first-order chi connectivity index (χ1) is 16.0. The molecule has 6 nitrogen and oxygen atoms in total. The molecule has 33 heavy (non-hydrogen) atoms. The molecule has 2 aromatic carbocycles. The zero-order chi connectivity index (χ0) is 23.1. The lowest BCUT2D eigenvalue weighted by atomic mass is 9.76. The number of halogens is 1. The number of carbonyl (C=O) groups excluding carboxylic acids is 3. The molecule has 2 aromatic rings. The summed E-state index contributed by atoms with van der Waals surface area (Å²) < 4.78 is 6.43. The minimum absolute atomic E-state index is 0.127. The van der Waals surface area contributed by atoms with Crippen molar-refractivity contribution in [3.8, 4) is 0 Å². The van der Waals surface area contributed by atoms with Crippen LogP contribution in [0.5, 0.6) is 0 Å². The van der Waals surface area contributed by atoms with Gasteiger partial charge >= 0.3 is 5.97 Å². The maximum atomic E-state index is 12.9. The van der Waals surface area contributed by atoms with Crippen LogP contribution in [0.2, 0.25) is 0 Å². The maximum absolute atomic E-state index is 12.9. The number of rotatable bonds is 6. The van der Waals surface area contributed by atoms with Crippen LogP contribution in [0.3, 0.4) is 0 Å². The lowest BCUT2D eigenvalue weighted by Crippen LogP contribution is -2.51. The Morgan fingerprint density at radius 1 is 1.00 bits per heavy atom. The van der Waals surface area contributed by atoms with E-state index < -0.39 is 0 Å². The standard InChI is InChI=1S/C26H27IN2O4/c1-33-26(32)23-21(16-7-9-17(27)10-8-16)15-18-11-12-22(23)28(18)13-4-14-29-24(30)19-5-2-3-6-20(19)25(29)31/h2-3,5-10,18,21-23H,4,11-15H2,1H3/t18-,21+,22+,23-/m0/s1. The maximum Gasteiger partial charge on any atom is 0.310 e. The number of fused-ring (bicyclic) bond motifs is 3. The van der Waals surface area contributed by atoms with Crippen LogP contribution in [0.25, 0.3) is 0 Å². The number of nitrogens with zero attached hydrogens (tertiary/aromatic N) is 2. The lowest BCUT2D eigenvalue weighted by molar-refractivity contribution is -0.150. The number of hydrogen-bond donors (Lipinski definition) is 0. The second-order valence-corrected chi connectivity index (χ2v) is 10.4. The van der Waals surface area contributed by atoms with Gasteiger partial charge in [0.15, 0.2) is 0 Å². The molecule has 2 fully saturated rings. The number of methoxy groups -OCH3 is 1. The van der Waals surface area contributed by atoms with Gasteiger partial charge in [0.05, 0.1) is 24.2 Å². The van der Waals surface area contributed by atoms with Crippen molar-refractivity contribution in [2.45, 2.75) is 43.7 Å². The van der Waals surface area contributed by atoms with Crippen molar-refractivity contribution in [2.24, 2.45) is 5.92 Å². The Balaban J connectivity index is 1.29. The Kier molecular flexibility index (Phi) is 6.26. The van der Waals surface area contributed by atoms with E-state index in [1.54, 1.807) is 24.3 Å². The molecule has 0 N–H and O–H groups in total. The van der Waals surface area contributed by atoms with Crippen molar-refractivity contribution in [1.29, 1.82) is 0 Å². The monoisotopic (exact) mass is 558 g/mol. The Morgan fingerprint density at radius 2 is 1.67 bits per heavy atom. The average molecular weight is 558 g/mol. The van der Waals surface area contributed by atoms with Crippen molar-refractivity contribution in [3.05, 3.63) is 68.8 Å². The van der Waals surface area contributed by atoms with Gasteiger partial charge in [-0.1, -0.05) is 24.3 Å². The van der Waals surface area contributed by atoms with Gasteiger partial charge in [-0.3, -0.25) is 24.2 Å². The summed E-state index contributed by atoms with van der Waals surface area (Å²) in [5, 5.41) is 0. The third-order valence-corrected chi connectivity index (χ3v) is 8.23. The molecule has 0 aliphatic carbocycles. The highest BCUT2D eigenvalue weighted by Crippen LogP contribution is 2.47. The summed E-state index contributed by atoms with van der Waals surface area (Å²) in [6.07, 6.45) is 3.65. The third-order valence-electron chi connectivity index (χ3n) is 7.51. The van der Waals surface area contributed by atoms with Gasteiger partial charge < -0.3 is 4.74 Å². The van der Waals surface area contributed by atoms with Gasteiger partial charge in [-0.05, 0) is 78.1 Å². The van der Waals surface area contributed by atoms with Crippen LogP contribution in [0.15, 0.2) is 48.5 Å². The van der Waals surface area contributed by atoms with E-state index >= 15 is 0 Å². The second-order valence-electron chi connectivity index (χ2n) is 9.14. The van der Waals surface area contributed by atoms with E-state index in [9.17, 15) is 14.4 Å². The first-order valence-corrected chi connectivity index (χ1v) is 12.6. The van der Waals surface area contributed by atoms with Gasteiger partial charge in [0.25, 0.3) is 11.8 Å². The summed E-state index contributed by atoms with van der Waals surface area (Å²) in [5.41, 5.74) is 2.19. The summed E-state index contributed by atoms with van der Waals surface area (Å²) in [5.74, 6) is -0.603. The number of ether oxygens (including phenoxy) is 1. The molecular weight excluding hydrogens is 531 g/mol. The zero-order valence-electron chi connectivity index (χ0n) is 18.6. The molecule has 0 unspecified atom stereocenters. The smallest absolute Gasteiger partial charge is 0.310 e. The fourth-order valence-electron chi connectivity index (χ4n) is 6.03. The molecule has 2 bridgehead atoms. The fourth-order valence-corrected chi connectivity index (χ4v) is 6.38. The number of piperidine rings is 1. The average Bonchev–Trinajstić information content (AvgIpc) is 3.24. The second kappa shape index (κ2) is 9.18. The lowest BCUT2D eigenvalue weighted by Gasteiger charge is -2.43. The number of hydrogen-bond acceptors (Lipinski definition) is 5. The SMILES string of the molecule is COC(=O)[C@H]1[C@@H](c2ccc(I)cc2)C[C@@H]2CC[C@H]1N2CCCN1C(=O)c2ccccc2C1=O. The molecule has 0 saturated carbocycles. The quantitative estimate of drug-likeness (QED) is 0.304. The summed E-state index contributed by atoms with van der Waals surface area (Å²) >= 11 is 2.30.